The minimum Gasteiger partial charge on any atom is -0.383 e. The quantitative estimate of drug-likeness (QED) is 0.312. The van der Waals surface area contributed by atoms with Gasteiger partial charge in [-0.05, 0) is 31.5 Å². The highest BCUT2D eigenvalue weighted by Gasteiger charge is 2.12. The van der Waals surface area contributed by atoms with Crippen molar-refractivity contribution >= 4 is 35.8 Å². The number of benzene rings is 1. The van der Waals surface area contributed by atoms with Gasteiger partial charge in [0.1, 0.15) is 0 Å². The van der Waals surface area contributed by atoms with E-state index in [1.807, 2.05) is 35.9 Å². The zero-order valence-electron chi connectivity index (χ0n) is 18.7. The van der Waals surface area contributed by atoms with Gasteiger partial charge in [-0.2, -0.15) is 5.10 Å². The molecule has 8 nitrogen and oxygen atoms in total. The Hall–Kier alpha value is -2.14. The van der Waals surface area contributed by atoms with Crippen molar-refractivity contribution in [3.8, 4) is 0 Å². The highest BCUT2D eigenvalue weighted by atomic mass is 127. The Bertz CT molecular complexity index is 846. The molecule has 0 bridgehead atoms. The fourth-order valence-corrected chi connectivity index (χ4v) is 2.99. The second-order valence-electron chi connectivity index (χ2n) is 7.04. The first kappa shape index (κ1) is 25.9. The van der Waals surface area contributed by atoms with Gasteiger partial charge in [-0.25, -0.2) is 0 Å². The van der Waals surface area contributed by atoms with Crippen LogP contribution in [0.25, 0.3) is 0 Å². The third-order valence-corrected chi connectivity index (χ3v) is 4.76. The number of amides is 1. The zero-order valence-corrected chi connectivity index (χ0v) is 21.0. The molecule has 0 saturated heterocycles. The molecule has 1 aromatic carbocycles. The summed E-state index contributed by atoms with van der Waals surface area (Å²) in [5.74, 6) is 0.709. The maximum absolute atomic E-state index is 12.0. The Morgan fingerprint density at radius 2 is 1.80 bits per heavy atom. The van der Waals surface area contributed by atoms with Crippen molar-refractivity contribution in [3.63, 3.8) is 0 Å². The second-order valence-corrected chi connectivity index (χ2v) is 7.04. The van der Waals surface area contributed by atoms with Crippen LogP contribution in [0, 0.1) is 13.8 Å². The number of methoxy groups -OCH3 is 1. The Morgan fingerprint density at radius 3 is 2.37 bits per heavy atom. The van der Waals surface area contributed by atoms with Gasteiger partial charge in [0.2, 0.25) is 0 Å². The second kappa shape index (κ2) is 12.5. The van der Waals surface area contributed by atoms with Crippen molar-refractivity contribution in [1.29, 1.82) is 0 Å². The molecule has 0 fully saturated rings. The van der Waals surface area contributed by atoms with E-state index < -0.39 is 0 Å². The van der Waals surface area contributed by atoms with E-state index in [2.05, 4.69) is 27.6 Å². The summed E-state index contributed by atoms with van der Waals surface area (Å²) in [7, 11) is 6.93. The lowest BCUT2D eigenvalue weighted by Gasteiger charge is -2.13. The molecular formula is C21H33IN6O2. The molecule has 0 spiro atoms. The number of aromatic nitrogens is 2. The number of nitrogens with one attached hydrogen (secondary N) is 2. The number of hydrogen-bond donors (Lipinski definition) is 2. The number of carbonyl (C=O) groups is 1. The number of guanidine groups is 1. The van der Waals surface area contributed by atoms with E-state index >= 15 is 0 Å². The summed E-state index contributed by atoms with van der Waals surface area (Å²) in [5, 5.41) is 11.2. The van der Waals surface area contributed by atoms with E-state index in [4.69, 9.17) is 4.74 Å². The van der Waals surface area contributed by atoms with Crippen molar-refractivity contribution in [3.05, 3.63) is 52.3 Å². The predicted molar refractivity (Wildman–Crippen MR) is 130 cm³/mol. The Morgan fingerprint density at radius 1 is 1.17 bits per heavy atom. The van der Waals surface area contributed by atoms with E-state index in [-0.39, 0.29) is 29.9 Å². The number of ether oxygens (including phenoxy) is 1. The number of aliphatic imine (C=N–C) groups is 1. The SMILES string of the molecule is CN=C(NCc1ccc(C(=O)N(C)C)cc1)NCc1c(C)nn(CCOC)c1C.I. The highest BCUT2D eigenvalue weighted by molar-refractivity contribution is 14.0. The molecule has 2 N–H and O–H groups in total. The summed E-state index contributed by atoms with van der Waals surface area (Å²) in [6.07, 6.45) is 0. The molecule has 1 heterocycles. The highest BCUT2D eigenvalue weighted by Crippen LogP contribution is 2.12. The minimum atomic E-state index is -0.00114. The van der Waals surface area contributed by atoms with Gasteiger partial charge < -0.3 is 20.3 Å². The van der Waals surface area contributed by atoms with Gasteiger partial charge in [0.25, 0.3) is 5.91 Å². The average Bonchev–Trinajstić information content (AvgIpc) is 2.99. The lowest BCUT2D eigenvalue weighted by Crippen LogP contribution is -2.36. The lowest BCUT2D eigenvalue weighted by atomic mass is 10.1. The van der Waals surface area contributed by atoms with Crippen LogP contribution in [0.3, 0.4) is 0 Å². The first-order chi connectivity index (χ1) is 13.9. The van der Waals surface area contributed by atoms with E-state index in [1.165, 1.54) is 0 Å². The van der Waals surface area contributed by atoms with E-state index in [0.29, 0.717) is 31.2 Å². The Labute approximate surface area is 196 Å². The standard InChI is InChI=1S/C21H32N6O2.HI/c1-15-19(16(2)27(25-15)11-12-29-6)14-24-21(22-3)23-13-17-7-9-18(10-8-17)20(28)26(4)5;/h7-10H,11-14H2,1-6H3,(H2,22,23,24);1H. The van der Waals surface area contributed by atoms with Crippen LogP contribution >= 0.6 is 24.0 Å². The largest absolute Gasteiger partial charge is 0.383 e. The monoisotopic (exact) mass is 528 g/mol. The predicted octanol–water partition coefficient (Wildman–Crippen LogP) is 2.33. The molecule has 0 unspecified atom stereocenters. The Kier molecular flexibility index (Phi) is 10.8. The van der Waals surface area contributed by atoms with E-state index in [1.54, 1.807) is 33.2 Å². The molecule has 2 rings (SSSR count). The van der Waals surface area contributed by atoms with Crippen LogP contribution in [0.4, 0.5) is 0 Å². The molecule has 0 atom stereocenters. The van der Waals surface area contributed by atoms with Crippen LogP contribution in [-0.2, 0) is 24.4 Å². The third kappa shape index (κ3) is 6.98. The first-order valence-electron chi connectivity index (χ1n) is 9.64. The van der Waals surface area contributed by atoms with Crippen molar-refractivity contribution in [2.24, 2.45) is 4.99 Å². The molecule has 0 radical (unpaired) electrons. The molecule has 166 valence electrons. The smallest absolute Gasteiger partial charge is 0.253 e. The number of nitrogens with zero attached hydrogens (tertiary/aromatic N) is 4. The minimum absolute atomic E-state index is 0. The summed E-state index contributed by atoms with van der Waals surface area (Å²) in [6.45, 7) is 6.71. The maximum atomic E-state index is 12.0. The Balaban J connectivity index is 0.00000450. The molecule has 0 aliphatic rings. The van der Waals surface area contributed by atoms with Gasteiger partial charge >= 0.3 is 0 Å². The van der Waals surface area contributed by atoms with Crippen molar-refractivity contribution < 1.29 is 9.53 Å². The van der Waals surface area contributed by atoms with Crippen LogP contribution in [0.15, 0.2) is 29.3 Å². The number of carbonyl (C=O) groups excluding carboxylic acids is 1. The molecule has 0 aliphatic carbocycles. The van der Waals surface area contributed by atoms with Crippen molar-refractivity contribution in [1.82, 2.24) is 25.3 Å². The van der Waals surface area contributed by atoms with Gasteiger partial charge in [0.05, 0.1) is 18.8 Å². The average molecular weight is 528 g/mol. The van der Waals surface area contributed by atoms with Crippen LogP contribution in [0.1, 0.15) is 32.9 Å². The van der Waals surface area contributed by atoms with Gasteiger partial charge in [0.15, 0.2) is 5.96 Å². The molecule has 1 amide bonds. The lowest BCUT2D eigenvalue weighted by molar-refractivity contribution is 0.0827. The van der Waals surface area contributed by atoms with Gasteiger partial charge in [-0.3, -0.25) is 14.5 Å². The summed E-state index contributed by atoms with van der Waals surface area (Å²) in [5.41, 5.74) is 5.04. The maximum Gasteiger partial charge on any atom is 0.253 e. The topological polar surface area (TPSA) is 83.8 Å². The van der Waals surface area contributed by atoms with Crippen LogP contribution in [-0.4, -0.2) is 61.4 Å². The van der Waals surface area contributed by atoms with Crippen LogP contribution in [0.5, 0.6) is 0 Å². The molecule has 0 aliphatic heterocycles. The molecule has 0 saturated carbocycles. The number of hydrogen-bond acceptors (Lipinski definition) is 4. The van der Waals surface area contributed by atoms with Crippen LogP contribution < -0.4 is 10.6 Å². The van der Waals surface area contributed by atoms with Gasteiger partial charge in [0, 0.05) is 58.2 Å². The number of aryl methyl sites for hydroxylation is 1. The molecule has 9 heteroatoms. The first-order valence-corrected chi connectivity index (χ1v) is 9.64. The number of rotatable bonds is 8. The van der Waals surface area contributed by atoms with Crippen LogP contribution in [0.2, 0.25) is 0 Å². The van der Waals surface area contributed by atoms with Gasteiger partial charge in [-0.15, -0.1) is 24.0 Å². The van der Waals surface area contributed by atoms with E-state index in [0.717, 1.165) is 29.1 Å². The molecule has 30 heavy (non-hydrogen) atoms. The summed E-state index contributed by atoms with van der Waals surface area (Å²) in [6, 6.07) is 7.59. The summed E-state index contributed by atoms with van der Waals surface area (Å²) in [4.78, 5) is 17.8. The fraction of sp³-hybridized carbons (Fsp3) is 0.476. The molecule has 2 aromatic rings. The van der Waals surface area contributed by atoms with Crippen molar-refractivity contribution in [2.45, 2.75) is 33.5 Å². The number of halogens is 1. The molecule has 1 aromatic heterocycles. The van der Waals surface area contributed by atoms with Crippen molar-refractivity contribution in [2.75, 3.05) is 34.9 Å². The zero-order chi connectivity index (χ0) is 21.4. The van der Waals surface area contributed by atoms with E-state index in [9.17, 15) is 4.79 Å². The summed E-state index contributed by atoms with van der Waals surface area (Å²) < 4.78 is 7.12. The summed E-state index contributed by atoms with van der Waals surface area (Å²) >= 11 is 0. The third-order valence-electron chi connectivity index (χ3n) is 4.76. The molecular weight excluding hydrogens is 495 g/mol. The van der Waals surface area contributed by atoms with Gasteiger partial charge in [-0.1, -0.05) is 12.1 Å². The normalized spacial score (nSPS) is 11.1. The fourth-order valence-electron chi connectivity index (χ4n) is 2.99.